The van der Waals surface area contributed by atoms with Crippen LogP contribution < -0.4 is 0 Å². The number of hydrogen-bond donors (Lipinski definition) is 0. The number of carbonyl (C=O) groups is 1. The van der Waals surface area contributed by atoms with Crippen LogP contribution in [0.2, 0.25) is 0 Å². The third kappa shape index (κ3) is 5.84. The minimum Gasteiger partial charge on any atom is -0.459 e. The van der Waals surface area contributed by atoms with Crippen molar-refractivity contribution in [2.75, 3.05) is 27.3 Å². The van der Waals surface area contributed by atoms with Crippen molar-refractivity contribution in [3.63, 3.8) is 0 Å². The van der Waals surface area contributed by atoms with E-state index < -0.39 is 5.60 Å². The lowest BCUT2D eigenvalue weighted by molar-refractivity contribution is -0.156. The fourth-order valence-corrected chi connectivity index (χ4v) is 2.10. The van der Waals surface area contributed by atoms with Gasteiger partial charge in [0.2, 0.25) is 0 Å². The van der Waals surface area contributed by atoms with Gasteiger partial charge in [0.1, 0.15) is 5.60 Å². The Labute approximate surface area is 132 Å². The molecule has 5 nitrogen and oxygen atoms in total. The van der Waals surface area contributed by atoms with Crippen molar-refractivity contribution in [3.05, 3.63) is 35.4 Å². The van der Waals surface area contributed by atoms with Crippen molar-refractivity contribution >= 4 is 5.97 Å². The number of ether oxygens (including phenoxy) is 2. The van der Waals surface area contributed by atoms with Gasteiger partial charge in [0.15, 0.2) is 0 Å². The zero-order valence-electron chi connectivity index (χ0n) is 13.9. The molecule has 1 aromatic carbocycles. The van der Waals surface area contributed by atoms with Crippen molar-refractivity contribution in [2.24, 2.45) is 0 Å². The van der Waals surface area contributed by atoms with Gasteiger partial charge in [-0.1, -0.05) is 12.1 Å². The highest BCUT2D eigenvalue weighted by Crippen LogP contribution is 2.20. The number of nitriles is 1. The number of rotatable bonds is 6. The molecule has 1 atom stereocenters. The molecule has 0 fully saturated rings. The lowest BCUT2D eigenvalue weighted by Gasteiger charge is -2.28. The number of benzene rings is 1. The van der Waals surface area contributed by atoms with Gasteiger partial charge >= 0.3 is 5.97 Å². The lowest BCUT2D eigenvalue weighted by Crippen LogP contribution is -2.36. The maximum atomic E-state index is 12.0. The fourth-order valence-electron chi connectivity index (χ4n) is 2.10. The highest BCUT2D eigenvalue weighted by molar-refractivity contribution is 5.72. The van der Waals surface area contributed by atoms with Crippen LogP contribution in [0.1, 0.15) is 37.9 Å². The molecule has 0 bridgehead atoms. The zero-order valence-corrected chi connectivity index (χ0v) is 13.9. The van der Waals surface area contributed by atoms with Crippen LogP contribution in [0.4, 0.5) is 0 Å². The Morgan fingerprint density at radius 1 is 1.32 bits per heavy atom. The Balaban J connectivity index is 2.80. The standard InChI is InChI=1S/C17H24N2O3/c1-17(2,3)22-16(20)11-19(4)15(12-21-5)14-8-6-13(10-18)7-9-14/h6-9,15H,11-12H2,1-5H3/t15-/m1/s1. The van der Waals surface area contributed by atoms with E-state index >= 15 is 0 Å². The summed E-state index contributed by atoms with van der Waals surface area (Å²) in [5.41, 5.74) is 1.10. The average molecular weight is 304 g/mol. The normalized spacial score (nSPS) is 12.8. The summed E-state index contributed by atoms with van der Waals surface area (Å²) in [6.07, 6.45) is 0. The predicted octanol–water partition coefficient (Wildman–Crippen LogP) is 2.52. The van der Waals surface area contributed by atoms with Crippen molar-refractivity contribution in [1.82, 2.24) is 4.90 Å². The van der Waals surface area contributed by atoms with E-state index in [1.54, 1.807) is 19.2 Å². The molecule has 0 saturated carbocycles. The van der Waals surface area contributed by atoms with Gasteiger partial charge in [-0.05, 0) is 45.5 Å². The molecule has 0 aliphatic heterocycles. The summed E-state index contributed by atoms with van der Waals surface area (Å²) < 4.78 is 10.6. The summed E-state index contributed by atoms with van der Waals surface area (Å²) in [5, 5.41) is 8.86. The van der Waals surface area contributed by atoms with E-state index in [1.165, 1.54) is 0 Å². The zero-order chi connectivity index (χ0) is 16.8. The SMILES string of the molecule is COC[C@H](c1ccc(C#N)cc1)N(C)CC(=O)OC(C)(C)C. The number of likely N-dealkylation sites (N-methyl/N-ethyl adjacent to an activating group) is 1. The van der Waals surface area contributed by atoms with Crippen molar-refractivity contribution in [2.45, 2.75) is 32.4 Å². The summed E-state index contributed by atoms with van der Waals surface area (Å²) in [7, 11) is 3.48. The third-order valence-corrected chi connectivity index (χ3v) is 3.08. The van der Waals surface area contributed by atoms with Gasteiger partial charge in [0.25, 0.3) is 0 Å². The summed E-state index contributed by atoms with van der Waals surface area (Å²) in [5.74, 6) is -0.273. The number of carbonyl (C=O) groups excluding carboxylic acids is 1. The van der Waals surface area contributed by atoms with Crippen LogP contribution in [0.5, 0.6) is 0 Å². The molecule has 1 aromatic rings. The molecule has 22 heavy (non-hydrogen) atoms. The maximum absolute atomic E-state index is 12.0. The predicted molar refractivity (Wildman–Crippen MR) is 84.2 cm³/mol. The van der Waals surface area contributed by atoms with E-state index in [0.717, 1.165) is 5.56 Å². The molecule has 120 valence electrons. The van der Waals surface area contributed by atoms with Crippen molar-refractivity contribution in [1.29, 1.82) is 5.26 Å². The second-order valence-electron chi connectivity index (χ2n) is 6.21. The third-order valence-electron chi connectivity index (χ3n) is 3.08. The van der Waals surface area contributed by atoms with Gasteiger partial charge in [-0.2, -0.15) is 5.26 Å². The molecule has 0 aromatic heterocycles. The first kappa shape index (κ1) is 18.1. The smallest absolute Gasteiger partial charge is 0.320 e. The van der Waals surface area contributed by atoms with E-state index in [1.807, 2.05) is 44.9 Å². The first-order valence-electron chi connectivity index (χ1n) is 7.18. The molecule has 0 amide bonds. The first-order valence-corrected chi connectivity index (χ1v) is 7.18. The Morgan fingerprint density at radius 2 is 1.91 bits per heavy atom. The number of esters is 1. The van der Waals surface area contributed by atoms with E-state index in [-0.39, 0.29) is 18.6 Å². The minimum atomic E-state index is -0.497. The fraction of sp³-hybridized carbons (Fsp3) is 0.529. The number of hydrogen-bond acceptors (Lipinski definition) is 5. The van der Waals surface area contributed by atoms with Gasteiger partial charge in [-0.25, -0.2) is 0 Å². The van der Waals surface area contributed by atoms with Crippen LogP contribution in [0.3, 0.4) is 0 Å². The summed E-state index contributed by atoms with van der Waals surface area (Å²) in [4.78, 5) is 13.8. The highest BCUT2D eigenvalue weighted by atomic mass is 16.6. The van der Waals surface area contributed by atoms with Crippen molar-refractivity contribution < 1.29 is 14.3 Å². The summed E-state index contributed by atoms with van der Waals surface area (Å²) in [6, 6.07) is 9.31. The highest BCUT2D eigenvalue weighted by Gasteiger charge is 2.22. The molecular weight excluding hydrogens is 280 g/mol. The summed E-state index contributed by atoms with van der Waals surface area (Å²) in [6.45, 7) is 6.16. The first-order chi connectivity index (χ1) is 10.3. The molecule has 0 spiro atoms. The molecule has 0 saturated heterocycles. The Kier molecular flexibility index (Phi) is 6.54. The van der Waals surface area contributed by atoms with Crippen LogP contribution in [0.15, 0.2) is 24.3 Å². The van der Waals surface area contributed by atoms with Gasteiger partial charge in [0, 0.05) is 7.11 Å². The Hall–Kier alpha value is -1.90. The average Bonchev–Trinajstić information content (AvgIpc) is 2.42. The topological polar surface area (TPSA) is 62.6 Å². The molecule has 0 heterocycles. The second kappa shape index (κ2) is 7.92. The van der Waals surface area contributed by atoms with Crippen molar-refractivity contribution in [3.8, 4) is 6.07 Å². The Bertz CT molecular complexity index is 526. The van der Waals surface area contributed by atoms with Crippen LogP contribution in [-0.2, 0) is 14.3 Å². The van der Waals surface area contributed by atoms with E-state index in [4.69, 9.17) is 14.7 Å². The van der Waals surface area contributed by atoms with Crippen LogP contribution in [0.25, 0.3) is 0 Å². The lowest BCUT2D eigenvalue weighted by atomic mass is 10.0. The molecule has 5 heteroatoms. The van der Waals surface area contributed by atoms with Crippen LogP contribution >= 0.6 is 0 Å². The number of nitrogens with zero attached hydrogens (tertiary/aromatic N) is 2. The monoisotopic (exact) mass is 304 g/mol. The Morgan fingerprint density at radius 3 is 2.36 bits per heavy atom. The second-order valence-corrected chi connectivity index (χ2v) is 6.21. The van der Waals surface area contributed by atoms with E-state index in [9.17, 15) is 4.79 Å². The quantitative estimate of drug-likeness (QED) is 0.756. The summed E-state index contributed by atoms with van der Waals surface area (Å²) >= 11 is 0. The molecule has 0 unspecified atom stereocenters. The van der Waals surface area contributed by atoms with Crippen LogP contribution in [-0.4, -0.2) is 43.8 Å². The van der Waals surface area contributed by atoms with Gasteiger partial charge < -0.3 is 9.47 Å². The number of methoxy groups -OCH3 is 1. The largest absolute Gasteiger partial charge is 0.459 e. The molecule has 0 N–H and O–H groups in total. The van der Waals surface area contributed by atoms with Gasteiger partial charge in [-0.15, -0.1) is 0 Å². The molecule has 0 aliphatic carbocycles. The van der Waals surface area contributed by atoms with E-state index in [2.05, 4.69) is 6.07 Å². The van der Waals surface area contributed by atoms with Gasteiger partial charge in [-0.3, -0.25) is 9.69 Å². The van der Waals surface area contributed by atoms with Gasteiger partial charge in [0.05, 0.1) is 30.8 Å². The molecule has 0 aliphatic rings. The molecule has 0 radical (unpaired) electrons. The van der Waals surface area contributed by atoms with E-state index in [0.29, 0.717) is 12.2 Å². The molecule has 1 rings (SSSR count). The molecular formula is C17H24N2O3. The maximum Gasteiger partial charge on any atom is 0.320 e. The van der Waals surface area contributed by atoms with Crippen LogP contribution in [0, 0.1) is 11.3 Å². The minimum absolute atomic E-state index is 0.0785.